The van der Waals surface area contributed by atoms with Gasteiger partial charge < -0.3 is 4.84 Å². The van der Waals surface area contributed by atoms with Gasteiger partial charge in [-0.05, 0) is 31.3 Å². The van der Waals surface area contributed by atoms with Crippen LogP contribution in [0.1, 0.15) is 40.5 Å². The molecule has 0 aliphatic heterocycles. The fraction of sp³-hybridized carbons (Fsp3) is 0.636. The average molecular weight is 195 g/mol. The molecule has 0 fully saturated rings. The van der Waals surface area contributed by atoms with Crippen molar-refractivity contribution < 1.29 is 9.63 Å². The Morgan fingerprint density at radius 3 is 2.64 bits per heavy atom. The molecule has 0 atom stereocenters. The van der Waals surface area contributed by atoms with Crippen molar-refractivity contribution in [3.8, 4) is 0 Å². The van der Waals surface area contributed by atoms with E-state index in [-0.39, 0.29) is 11.4 Å². The van der Waals surface area contributed by atoms with E-state index in [1.165, 1.54) is 12.5 Å². The van der Waals surface area contributed by atoms with E-state index in [1.807, 2.05) is 6.08 Å². The van der Waals surface area contributed by atoms with E-state index in [1.54, 1.807) is 0 Å². The molecule has 0 heterocycles. The van der Waals surface area contributed by atoms with Crippen LogP contribution < -0.4 is 0 Å². The van der Waals surface area contributed by atoms with Gasteiger partial charge in [-0.25, -0.2) is 4.79 Å². The predicted octanol–water partition coefficient (Wildman–Crippen LogP) is 2.67. The molecule has 0 aromatic rings. The zero-order valence-electron chi connectivity index (χ0n) is 9.26. The van der Waals surface area contributed by atoms with Crippen LogP contribution in [0.3, 0.4) is 0 Å². The summed E-state index contributed by atoms with van der Waals surface area (Å²) in [7, 11) is 0. The van der Waals surface area contributed by atoms with Crippen molar-refractivity contribution in [2.24, 2.45) is 10.6 Å². The maximum absolute atomic E-state index is 10.6. The Labute approximate surface area is 84.8 Å². The summed E-state index contributed by atoms with van der Waals surface area (Å²) in [5.41, 5.74) is 2.36. The van der Waals surface area contributed by atoms with E-state index in [0.29, 0.717) is 0 Å². The van der Waals surface area contributed by atoms with Gasteiger partial charge in [-0.2, -0.15) is 0 Å². The Morgan fingerprint density at radius 1 is 1.50 bits per heavy atom. The van der Waals surface area contributed by atoms with Gasteiger partial charge in [-0.15, -0.1) is 0 Å². The standard InChI is InChI=1S/C11H17NO2/c1-8-5-10(12-14-9(2)13)7-11(3,4)6-8/h5H,6-7H2,1-4H3. The minimum Gasteiger partial charge on any atom is -0.318 e. The fourth-order valence-electron chi connectivity index (χ4n) is 1.88. The summed E-state index contributed by atoms with van der Waals surface area (Å²) < 4.78 is 0. The third-order valence-electron chi connectivity index (χ3n) is 2.12. The van der Waals surface area contributed by atoms with Crippen LogP contribution in [0.4, 0.5) is 0 Å². The lowest BCUT2D eigenvalue weighted by molar-refractivity contribution is -0.140. The maximum Gasteiger partial charge on any atom is 0.331 e. The van der Waals surface area contributed by atoms with E-state index in [9.17, 15) is 4.79 Å². The highest BCUT2D eigenvalue weighted by Crippen LogP contribution is 2.33. The number of allylic oxidation sites excluding steroid dienone is 2. The highest BCUT2D eigenvalue weighted by molar-refractivity contribution is 5.96. The minimum absolute atomic E-state index is 0.220. The van der Waals surface area contributed by atoms with Crippen molar-refractivity contribution in [2.45, 2.75) is 40.5 Å². The summed E-state index contributed by atoms with van der Waals surface area (Å²) in [6, 6.07) is 0. The van der Waals surface area contributed by atoms with E-state index >= 15 is 0 Å². The number of carbonyl (C=O) groups is 1. The van der Waals surface area contributed by atoms with Gasteiger partial charge in [0, 0.05) is 6.92 Å². The molecule has 0 unspecified atom stereocenters. The number of rotatable bonds is 1. The van der Waals surface area contributed by atoms with Crippen LogP contribution in [0, 0.1) is 5.41 Å². The lowest BCUT2D eigenvalue weighted by Gasteiger charge is -2.28. The molecule has 0 aromatic heterocycles. The molecule has 0 amide bonds. The SMILES string of the molecule is CC(=O)ON=C1C=C(C)CC(C)(C)C1. The number of nitrogens with zero attached hydrogens (tertiary/aromatic N) is 1. The number of hydrogen-bond acceptors (Lipinski definition) is 3. The van der Waals surface area contributed by atoms with Gasteiger partial charge in [0.05, 0.1) is 5.71 Å². The van der Waals surface area contributed by atoms with Gasteiger partial charge in [0.25, 0.3) is 0 Å². The van der Waals surface area contributed by atoms with E-state index in [4.69, 9.17) is 0 Å². The maximum atomic E-state index is 10.6. The van der Waals surface area contributed by atoms with Crippen molar-refractivity contribution in [3.05, 3.63) is 11.6 Å². The van der Waals surface area contributed by atoms with Crippen LogP contribution in [0.15, 0.2) is 16.8 Å². The highest BCUT2D eigenvalue weighted by Gasteiger charge is 2.24. The zero-order valence-corrected chi connectivity index (χ0v) is 9.26. The molecule has 78 valence electrons. The van der Waals surface area contributed by atoms with Gasteiger partial charge in [0.15, 0.2) is 0 Å². The molecule has 1 aliphatic carbocycles. The molecule has 3 nitrogen and oxygen atoms in total. The number of carbonyl (C=O) groups excluding carboxylic acids is 1. The molecular formula is C11H17NO2. The summed E-state index contributed by atoms with van der Waals surface area (Å²) in [6.45, 7) is 7.80. The van der Waals surface area contributed by atoms with Crippen LogP contribution >= 0.6 is 0 Å². The van der Waals surface area contributed by atoms with Crippen molar-refractivity contribution in [3.63, 3.8) is 0 Å². The zero-order chi connectivity index (χ0) is 10.8. The first-order valence-electron chi connectivity index (χ1n) is 4.81. The van der Waals surface area contributed by atoms with Crippen molar-refractivity contribution in [1.29, 1.82) is 0 Å². The van der Waals surface area contributed by atoms with Crippen LogP contribution in [-0.4, -0.2) is 11.7 Å². The monoisotopic (exact) mass is 195 g/mol. The molecule has 0 spiro atoms. The first kappa shape index (κ1) is 11.0. The smallest absolute Gasteiger partial charge is 0.318 e. The van der Waals surface area contributed by atoms with Gasteiger partial charge >= 0.3 is 5.97 Å². The molecule has 0 saturated heterocycles. The Kier molecular flexibility index (Phi) is 3.09. The second-order valence-corrected chi connectivity index (χ2v) is 4.67. The third kappa shape index (κ3) is 3.32. The van der Waals surface area contributed by atoms with Crippen molar-refractivity contribution in [1.82, 2.24) is 0 Å². The number of oxime groups is 1. The Hall–Kier alpha value is -1.12. The first-order chi connectivity index (χ1) is 6.39. The summed E-state index contributed by atoms with van der Waals surface area (Å²) >= 11 is 0. The van der Waals surface area contributed by atoms with Gasteiger partial charge in [0.1, 0.15) is 0 Å². The Bertz CT molecular complexity index is 300. The Morgan fingerprint density at radius 2 is 2.14 bits per heavy atom. The lowest BCUT2D eigenvalue weighted by Crippen LogP contribution is -2.21. The van der Waals surface area contributed by atoms with Crippen molar-refractivity contribution >= 4 is 11.7 Å². The predicted molar refractivity (Wildman–Crippen MR) is 56.0 cm³/mol. The molecular weight excluding hydrogens is 178 g/mol. The van der Waals surface area contributed by atoms with E-state index in [0.717, 1.165) is 18.6 Å². The summed E-state index contributed by atoms with van der Waals surface area (Å²) in [6.07, 6.45) is 3.93. The van der Waals surface area contributed by atoms with Crippen molar-refractivity contribution in [2.75, 3.05) is 0 Å². The molecule has 14 heavy (non-hydrogen) atoms. The summed E-state index contributed by atoms with van der Waals surface area (Å²) in [4.78, 5) is 15.2. The normalized spacial score (nSPS) is 23.1. The second-order valence-electron chi connectivity index (χ2n) is 4.67. The van der Waals surface area contributed by atoms with Crippen LogP contribution in [0.2, 0.25) is 0 Å². The molecule has 0 saturated carbocycles. The average Bonchev–Trinajstić information content (AvgIpc) is 1.96. The summed E-state index contributed by atoms with van der Waals surface area (Å²) in [5, 5.41) is 3.82. The van der Waals surface area contributed by atoms with Crippen LogP contribution in [0.25, 0.3) is 0 Å². The minimum atomic E-state index is -0.369. The van der Waals surface area contributed by atoms with E-state index < -0.39 is 0 Å². The highest BCUT2D eigenvalue weighted by atomic mass is 16.7. The molecule has 1 rings (SSSR count). The molecule has 0 radical (unpaired) electrons. The van der Waals surface area contributed by atoms with Gasteiger partial charge in [0.2, 0.25) is 0 Å². The molecule has 0 bridgehead atoms. The third-order valence-corrected chi connectivity index (χ3v) is 2.12. The second kappa shape index (κ2) is 3.95. The number of hydrogen-bond donors (Lipinski definition) is 0. The molecule has 0 aromatic carbocycles. The fourth-order valence-corrected chi connectivity index (χ4v) is 1.88. The molecule has 3 heteroatoms. The molecule has 1 aliphatic rings. The molecule has 0 N–H and O–H groups in total. The largest absolute Gasteiger partial charge is 0.331 e. The van der Waals surface area contributed by atoms with Gasteiger partial charge in [-0.3, -0.25) is 0 Å². The van der Waals surface area contributed by atoms with Gasteiger partial charge in [-0.1, -0.05) is 24.6 Å². The van der Waals surface area contributed by atoms with Crippen LogP contribution in [0.5, 0.6) is 0 Å². The first-order valence-corrected chi connectivity index (χ1v) is 4.81. The Balaban J connectivity index is 2.76. The topological polar surface area (TPSA) is 38.7 Å². The quantitative estimate of drug-likeness (QED) is 0.476. The van der Waals surface area contributed by atoms with Crippen LogP contribution in [-0.2, 0) is 9.63 Å². The lowest BCUT2D eigenvalue weighted by atomic mass is 9.77. The summed E-state index contributed by atoms with van der Waals surface area (Å²) in [5.74, 6) is -0.369. The van der Waals surface area contributed by atoms with E-state index in [2.05, 4.69) is 30.8 Å².